The average molecular weight is 299 g/mol. The molecular weight excluding hydrogens is 278 g/mol. The summed E-state index contributed by atoms with van der Waals surface area (Å²) in [6.45, 7) is 2.50. The van der Waals surface area contributed by atoms with Gasteiger partial charge in [0.1, 0.15) is 5.75 Å². The van der Waals surface area contributed by atoms with Crippen molar-refractivity contribution in [1.82, 2.24) is 4.57 Å². The summed E-state index contributed by atoms with van der Waals surface area (Å²) in [7, 11) is 0. The van der Waals surface area contributed by atoms with Crippen LogP contribution in [-0.4, -0.2) is 16.3 Å². The van der Waals surface area contributed by atoms with Crippen molar-refractivity contribution >= 4 is 0 Å². The first-order valence-electron chi connectivity index (χ1n) is 7.83. The van der Waals surface area contributed by atoms with Gasteiger partial charge in [0.2, 0.25) is 0 Å². The zero-order valence-electron chi connectivity index (χ0n) is 12.8. The number of nitrogens with zero attached hydrogens (tertiary/aromatic N) is 1. The van der Waals surface area contributed by atoms with Gasteiger partial charge in [0.15, 0.2) is 0 Å². The van der Waals surface area contributed by atoms with E-state index in [0.717, 1.165) is 36.3 Å². The molecule has 1 aromatic carbocycles. The minimum Gasteiger partial charge on any atom is -0.493 e. The Morgan fingerprint density at radius 1 is 1.23 bits per heavy atom. The van der Waals surface area contributed by atoms with Crippen LogP contribution in [0.5, 0.6) is 5.75 Å². The number of para-hydroxylation sites is 1. The molecule has 1 aromatic heterocycles. The summed E-state index contributed by atoms with van der Waals surface area (Å²) in [6.07, 6.45) is 2.97. The quantitative estimate of drug-likeness (QED) is 0.891. The van der Waals surface area contributed by atoms with Crippen LogP contribution in [0.3, 0.4) is 0 Å². The highest BCUT2D eigenvalue weighted by Crippen LogP contribution is 2.39. The van der Waals surface area contributed by atoms with Crippen molar-refractivity contribution in [2.24, 2.45) is 0 Å². The first-order chi connectivity index (χ1) is 10.8. The van der Waals surface area contributed by atoms with Crippen molar-refractivity contribution in [3.63, 3.8) is 0 Å². The number of pyridine rings is 1. The second-order valence-electron chi connectivity index (χ2n) is 5.65. The number of benzene rings is 1. The molecule has 1 saturated carbocycles. The van der Waals surface area contributed by atoms with Crippen LogP contribution < -0.4 is 10.3 Å². The third kappa shape index (κ3) is 2.79. The van der Waals surface area contributed by atoms with Gasteiger partial charge in [-0.15, -0.1) is 0 Å². The highest BCUT2D eigenvalue weighted by molar-refractivity contribution is 5.68. The van der Waals surface area contributed by atoms with Gasteiger partial charge in [0.25, 0.3) is 5.56 Å². The van der Waals surface area contributed by atoms with Crippen LogP contribution in [0.15, 0.2) is 41.2 Å². The SMILES string of the molecule is CCCOc1ccccc1-c1ccc(CO)c(=O)n1C1CC1. The van der Waals surface area contributed by atoms with Crippen molar-refractivity contribution in [2.45, 2.75) is 38.8 Å². The van der Waals surface area contributed by atoms with Gasteiger partial charge >= 0.3 is 0 Å². The van der Waals surface area contributed by atoms with Crippen molar-refractivity contribution in [2.75, 3.05) is 6.61 Å². The zero-order chi connectivity index (χ0) is 15.5. The number of rotatable bonds is 6. The highest BCUT2D eigenvalue weighted by atomic mass is 16.5. The molecule has 1 aliphatic rings. The molecule has 0 saturated heterocycles. The van der Waals surface area contributed by atoms with Gasteiger partial charge in [-0.2, -0.15) is 0 Å². The molecule has 3 rings (SSSR count). The molecule has 2 aromatic rings. The third-order valence-corrected chi connectivity index (χ3v) is 3.90. The topological polar surface area (TPSA) is 51.5 Å². The monoisotopic (exact) mass is 299 g/mol. The van der Waals surface area contributed by atoms with E-state index in [1.807, 2.05) is 34.9 Å². The largest absolute Gasteiger partial charge is 0.493 e. The molecule has 1 aliphatic carbocycles. The van der Waals surface area contributed by atoms with E-state index in [-0.39, 0.29) is 18.2 Å². The van der Waals surface area contributed by atoms with Crippen LogP contribution in [0.4, 0.5) is 0 Å². The maximum absolute atomic E-state index is 12.6. The highest BCUT2D eigenvalue weighted by Gasteiger charge is 2.28. The molecule has 0 atom stereocenters. The molecule has 4 heteroatoms. The second kappa shape index (κ2) is 6.36. The summed E-state index contributed by atoms with van der Waals surface area (Å²) in [5.41, 5.74) is 2.16. The summed E-state index contributed by atoms with van der Waals surface area (Å²) in [4.78, 5) is 12.6. The second-order valence-corrected chi connectivity index (χ2v) is 5.65. The molecule has 0 unspecified atom stereocenters. The van der Waals surface area contributed by atoms with E-state index in [9.17, 15) is 9.90 Å². The van der Waals surface area contributed by atoms with E-state index in [1.54, 1.807) is 6.07 Å². The lowest BCUT2D eigenvalue weighted by Crippen LogP contribution is -2.24. The molecule has 0 bridgehead atoms. The smallest absolute Gasteiger partial charge is 0.256 e. The van der Waals surface area contributed by atoms with Crippen LogP contribution in [0.25, 0.3) is 11.3 Å². The van der Waals surface area contributed by atoms with Crippen LogP contribution in [0, 0.1) is 0 Å². The molecule has 0 aliphatic heterocycles. The summed E-state index contributed by atoms with van der Waals surface area (Å²) < 4.78 is 7.65. The molecule has 0 amide bonds. The number of aliphatic hydroxyl groups excluding tert-OH is 1. The first-order valence-corrected chi connectivity index (χ1v) is 7.83. The van der Waals surface area contributed by atoms with Gasteiger partial charge in [0, 0.05) is 17.2 Å². The van der Waals surface area contributed by atoms with Crippen molar-refractivity contribution in [3.8, 4) is 17.0 Å². The Bertz CT molecular complexity index is 717. The van der Waals surface area contributed by atoms with E-state index in [2.05, 4.69) is 6.92 Å². The molecule has 116 valence electrons. The first kappa shape index (κ1) is 14.9. The standard InChI is InChI=1S/C18H21NO3/c1-2-11-22-17-6-4-3-5-15(17)16-10-7-13(12-20)18(21)19(16)14-8-9-14/h3-7,10,14,20H,2,8-9,11-12H2,1H3. The summed E-state index contributed by atoms with van der Waals surface area (Å²) in [6, 6.07) is 11.7. The molecule has 1 heterocycles. The Balaban J connectivity index is 2.12. The number of hydrogen-bond donors (Lipinski definition) is 1. The maximum atomic E-state index is 12.6. The molecule has 1 N–H and O–H groups in total. The van der Waals surface area contributed by atoms with Gasteiger partial charge in [-0.3, -0.25) is 4.79 Å². The van der Waals surface area contributed by atoms with Crippen molar-refractivity contribution < 1.29 is 9.84 Å². The maximum Gasteiger partial charge on any atom is 0.256 e. The Morgan fingerprint density at radius 3 is 2.68 bits per heavy atom. The molecular formula is C18H21NO3. The predicted molar refractivity (Wildman–Crippen MR) is 86.1 cm³/mol. The van der Waals surface area contributed by atoms with Crippen LogP contribution in [0.1, 0.15) is 37.8 Å². The molecule has 0 spiro atoms. The fourth-order valence-electron chi connectivity index (χ4n) is 2.65. The Hall–Kier alpha value is -2.07. The normalized spacial score (nSPS) is 14.1. The lowest BCUT2D eigenvalue weighted by Gasteiger charge is -2.17. The summed E-state index contributed by atoms with van der Waals surface area (Å²) in [5.74, 6) is 0.801. The third-order valence-electron chi connectivity index (χ3n) is 3.90. The number of aromatic nitrogens is 1. The fourth-order valence-corrected chi connectivity index (χ4v) is 2.65. The van der Waals surface area contributed by atoms with Gasteiger partial charge in [-0.25, -0.2) is 0 Å². The summed E-state index contributed by atoms with van der Waals surface area (Å²) in [5, 5.41) is 9.34. The van der Waals surface area contributed by atoms with Crippen LogP contribution in [-0.2, 0) is 6.61 Å². The lowest BCUT2D eigenvalue weighted by molar-refractivity contribution is 0.279. The predicted octanol–water partition coefficient (Wildman–Crippen LogP) is 3.13. The minimum atomic E-state index is -0.222. The van der Waals surface area contributed by atoms with Gasteiger partial charge in [-0.1, -0.05) is 19.1 Å². The number of ether oxygens (including phenoxy) is 1. The Labute approximate surface area is 130 Å². The van der Waals surface area contributed by atoms with Crippen molar-refractivity contribution in [1.29, 1.82) is 0 Å². The lowest BCUT2D eigenvalue weighted by atomic mass is 10.1. The van der Waals surface area contributed by atoms with Gasteiger partial charge < -0.3 is 14.4 Å². The zero-order valence-corrected chi connectivity index (χ0v) is 12.8. The van der Waals surface area contributed by atoms with Gasteiger partial charge in [-0.05, 0) is 43.5 Å². The average Bonchev–Trinajstić information content (AvgIpc) is 3.37. The Morgan fingerprint density at radius 2 is 2.00 bits per heavy atom. The minimum absolute atomic E-state index is 0.0900. The van der Waals surface area contributed by atoms with Gasteiger partial charge in [0.05, 0.1) is 18.9 Å². The number of hydrogen-bond acceptors (Lipinski definition) is 3. The molecule has 1 fully saturated rings. The number of aliphatic hydroxyl groups is 1. The van der Waals surface area contributed by atoms with E-state index < -0.39 is 0 Å². The molecule has 4 nitrogen and oxygen atoms in total. The van der Waals surface area contributed by atoms with Crippen molar-refractivity contribution in [3.05, 3.63) is 52.3 Å². The van der Waals surface area contributed by atoms with Crippen LogP contribution >= 0.6 is 0 Å². The van der Waals surface area contributed by atoms with E-state index in [0.29, 0.717) is 12.2 Å². The molecule has 22 heavy (non-hydrogen) atoms. The van der Waals surface area contributed by atoms with E-state index >= 15 is 0 Å². The van der Waals surface area contributed by atoms with E-state index in [4.69, 9.17) is 4.74 Å². The fraction of sp³-hybridized carbons (Fsp3) is 0.389. The summed E-state index contributed by atoms with van der Waals surface area (Å²) >= 11 is 0. The molecule has 0 radical (unpaired) electrons. The van der Waals surface area contributed by atoms with E-state index in [1.165, 1.54) is 0 Å². The Kier molecular flexibility index (Phi) is 4.29. The van der Waals surface area contributed by atoms with Crippen LogP contribution in [0.2, 0.25) is 0 Å².